The molecule has 1 aromatic rings. The topological polar surface area (TPSA) is 81.1 Å². The standard InChI is InChI=1S/C8H11N3OS/c9-7-6(8(12)11-10)4-2-1-3-5(4)13-7/h1-3,9-10H2,(H,11,12). The average Bonchev–Trinajstić information content (AvgIpc) is 2.62. The number of carbonyl (C=O) groups excluding carboxylic acids is 1. The van der Waals surface area contributed by atoms with Gasteiger partial charge in [0.15, 0.2) is 0 Å². The number of nitrogens with one attached hydrogen (secondary N) is 1. The van der Waals surface area contributed by atoms with E-state index in [1.807, 2.05) is 0 Å². The molecule has 1 aliphatic carbocycles. The van der Waals surface area contributed by atoms with Gasteiger partial charge in [0, 0.05) is 4.88 Å². The van der Waals surface area contributed by atoms with Crippen molar-refractivity contribution in [1.82, 2.24) is 5.43 Å². The van der Waals surface area contributed by atoms with Crippen LogP contribution in [0.1, 0.15) is 27.2 Å². The van der Waals surface area contributed by atoms with Crippen molar-refractivity contribution >= 4 is 22.2 Å². The first kappa shape index (κ1) is 8.52. The van der Waals surface area contributed by atoms with E-state index in [1.54, 1.807) is 0 Å². The lowest BCUT2D eigenvalue weighted by Gasteiger charge is -2.00. The second kappa shape index (κ2) is 3.01. The highest BCUT2D eigenvalue weighted by atomic mass is 32.1. The highest BCUT2D eigenvalue weighted by molar-refractivity contribution is 7.16. The van der Waals surface area contributed by atoms with E-state index in [9.17, 15) is 4.79 Å². The fraction of sp³-hybridized carbons (Fsp3) is 0.375. The first-order chi connectivity index (χ1) is 6.24. The number of carbonyl (C=O) groups is 1. The molecule has 0 aromatic carbocycles. The summed E-state index contributed by atoms with van der Waals surface area (Å²) in [6.45, 7) is 0. The zero-order valence-corrected chi connectivity index (χ0v) is 7.91. The number of thiophene rings is 1. The highest BCUT2D eigenvalue weighted by Gasteiger charge is 2.24. The van der Waals surface area contributed by atoms with Crippen molar-refractivity contribution in [2.45, 2.75) is 19.3 Å². The summed E-state index contributed by atoms with van der Waals surface area (Å²) < 4.78 is 0. The predicted molar refractivity (Wildman–Crippen MR) is 52.4 cm³/mol. The summed E-state index contributed by atoms with van der Waals surface area (Å²) in [7, 11) is 0. The Labute approximate surface area is 79.9 Å². The van der Waals surface area contributed by atoms with Crippen molar-refractivity contribution in [3.63, 3.8) is 0 Å². The summed E-state index contributed by atoms with van der Waals surface area (Å²) in [6.07, 6.45) is 3.11. The number of rotatable bonds is 1. The van der Waals surface area contributed by atoms with Gasteiger partial charge < -0.3 is 5.73 Å². The lowest BCUT2D eigenvalue weighted by atomic mass is 10.1. The number of nitrogens with two attached hydrogens (primary N) is 2. The third kappa shape index (κ3) is 1.20. The van der Waals surface area contributed by atoms with Crippen LogP contribution in [0.2, 0.25) is 0 Å². The summed E-state index contributed by atoms with van der Waals surface area (Å²) in [5, 5.41) is 0.590. The average molecular weight is 197 g/mol. The monoisotopic (exact) mass is 197 g/mol. The van der Waals surface area contributed by atoms with Gasteiger partial charge in [0.25, 0.3) is 5.91 Å². The minimum Gasteiger partial charge on any atom is -0.390 e. The molecule has 1 heterocycles. The maximum absolute atomic E-state index is 11.3. The molecule has 5 heteroatoms. The van der Waals surface area contributed by atoms with Gasteiger partial charge in [-0.25, -0.2) is 5.84 Å². The number of hydrogen-bond acceptors (Lipinski definition) is 4. The Bertz CT molecular complexity index is 359. The highest BCUT2D eigenvalue weighted by Crippen LogP contribution is 2.36. The second-order valence-corrected chi connectivity index (χ2v) is 4.21. The van der Waals surface area contributed by atoms with E-state index in [0.717, 1.165) is 24.8 Å². The Morgan fingerprint density at radius 1 is 1.46 bits per heavy atom. The van der Waals surface area contributed by atoms with Crippen molar-refractivity contribution in [2.75, 3.05) is 5.73 Å². The SMILES string of the molecule is NNC(=O)c1c(N)sc2c1CCC2. The van der Waals surface area contributed by atoms with Crippen molar-refractivity contribution in [3.05, 3.63) is 16.0 Å². The Balaban J connectivity index is 2.50. The summed E-state index contributed by atoms with van der Waals surface area (Å²) in [6, 6.07) is 0. The minimum atomic E-state index is -0.267. The largest absolute Gasteiger partial charge is 0.390 e. The maximum atomic E-state index is 11.3. The molecule has 1 aromatic heterocycles. The fourth-order valence-electron chi connectivity index (χ4n) is 1.75. The van der Waals surface area contributed by atoms with Gasteiger partial charge in [-0.3, -0.25) is 10.2 Å². The smallest absolute Gasteiger partial charge is 0.268 e. The summed E-state index contributed by atoms with van der Waals surface area (Å²) in [4.78, 5) is 12.6. The lowest BCUT2D eigenvalue weighted by molar-refractivity contribution is 0.0954. The molecule has 0 spiro atoms. The van der Waals surface area contributed by atoms with Crippen LogP contribution in [-0.4, -0.2) is 5.91 Å². The molecular formula is C8H11N3OS. The number of aryl methyl sites for hydroxylation is 1. The number of hydrazine groups is 1. The van der Waals surface area contributed by atoms with Crippen molar-refractivity contribution in [3.8, 4) is 0 Å². The molecule has 0 saturated heterocycles. The van der Waals surface area contributed by atoms with Crippen LogP contribution in [0.4, 0.5) is 5.00 Å². The van der Waals surface area contributed by atoms with Gasteiger partial charge in [-0.05, 0) is 24.8 Å². The van der Waals surface area contributed by atoms with Gasteiger partial charge in [-0.1, -0.05) is 0 Å². The molecule has 4 nitrogen and oxygen atoms in total. The Morgan fingerprint density at radius 3 is 2.92 bits per heavy atom. The van der Waals surface area contributed by atoms with Gasteiger partial charge in [-0.15, -0.1) is 11.3 Å². The summed E-state index contributed by atoms with van der Waals surface area (Å²) in [5.74, 6) is 4.81. The number of amides is 1. The number of hydrogen-bond donors (Lipinski definition) is 3. The van der Waals surface area contributed by atoms with Crippen molar-refractivity contribution < 1.29 is 4.79 Å². The number of fused-ring (bicyclic) bond motifs is 1. The molecule has 2 rings (SSSR count). The molecule has 0 fully saturated rings. The van der Waals surface area contributed by atoms with E-state index < -0.39 is 0 Å². The van der Waals surface area contributed by atoms with Crippen LogP contribution in [0, 0.1) is 0 Å². The Hall–Kier alpha value is -1.07. The molecule has 0 saturated carbocycles. The third-order valence-corrected chi connectivity index (χ3v) is 3.43. The molecule has 0 unspecified atom stereocenters. The second-order valence-electron chi connectivity index (χ2n) is 3.07. The molecule has 0 radical (unpaired) electrons. The van der Waals surface area contributed by atoms with Crippen LogP contribution in [-0.2, 0) is 12.8 Å². The molecule has 13 heavy (non-hydrogen) atoms. The predicted octanol–water partition coefficient (Wildman–Crippen LogP) is 0.422. The summed E-state index contributed by atoms with van der Waals surface area (Å²) in [5.41, 5.74) is 9.56. The van der Waals surface area contributed by atoms with E-state index >= 15 is 0 Å². The Morgan fingerprint density at radius 2 is 2.23 bits per heavy atom. The van der Waals surface area contributed by atoms with E-state index in [-0.39, 0.29) is 5.91 Å². The molecule has 0 aliphatic heterocycles. The van der Waals surface area contributed by atoms with Gasteiger partial charge in [0.05, 0.1) is 10.6 Å². The molecule has 1 amide bonds. The molecular weight excluding hydrogens is 186 g/mol. The minimum absolute atomic E-state index is 0.267. The van der Waals surface area contributed by atoms with Crippen LogP contribution in [0.5, 0.6) is 0 Å². The first-order valence-corrected chi connectivity index (χ1v) is 4.96. The van der Waals surface area contributed by atoms with Gasteiger partial charge >= 0.3 is 0 Å². The normalized spacial score (nSPS) is 14.2. The molecule has 5 N–H and O–H groups in total. The van der Waals surface area contributed by atoms with Crippen LogP contribution in [0.15, 0.2) is 0 Å². The van der Waals surface area contributed by atoms with E-state index in [2.05, 4.69) is 5.43 Å². The van der Waals surface area contributed by atoms with Crippen LogP contribution < -0.4 is 17.0 Å². The molecule has 1 aliphatic rings. The lowest BCUT2D eigenvalue weighted by Crippen LogP contribution is -2.30. The summed E-state index contributed by atoms with van der Waals surface area (Å²) >= 11 is 1.51. The van der Waals surface area contributed by atoms with Gasteiger partial charge in [0.1, 0.15) is 0 Å². The first-order valence-electron chi connectivity index (χ1n) is 4.15. The van der Waals surface area contributed by atoms with E-state index in [1.165, 1.54) is 16.2 Å². The van der Waals surface area contributed by atoms with E-state index in [0.29, 0.717) is 10.6 Å². The quantitative estimate of drug-likeness (QED) is 0.347. The Kier molecular flexibility index (Phi) is 1.97. The zero-order chi connectivity index (χ0) is 9.42. The fourth-order valence-corrected chi connectivity index (χ4v) is 2.90. The molecule has 0 bridgehead atoms. The van der Waals surface area contributed by atoms with Gasteiger partial charge in [-0.2, -0.15) is 0 Å². The van der Waals surface area contributed by atoms with E-state index in [4.69, 9.17) is 11.6 Å². The number of nitrogen functional groups attached to an aromatic ring is 2. The maximum Gasteiger partial charge on any atom is 0.268 e. The van der Waals surface area contributed by atoms with Gasteiger partial charge in [0.2, 0.25) is 0 Å². The number of anilines is 1. The van der Waals surface area contributed by atoms with Crippen molar-refractivity contribution in [1.29, 1.82) is 0 Å². The third-order valence-electron chi connectivity index (χ3n) is 2.31. The van der Waals surface area contributed by atoms with Crippen molar-refractivity contribution in [2.24, 2.45) is 5.84 Å². The van der Waals surface area contributed by atoms with Crippen LogP contribution in [0.3, 0.4) is 0 Å². The molecule has 70 valence electrons. The molecule has 0 atom stereocenters. The van der Waals surface area contributed by atoms with Crippen LogP contribution in [0.25, 0.3) is 0 Å². The zero-order valence-electron chi connectivity index (χ0n) is 7.09. The van der Waals surface area contributed by atoms with Crippen LogP contribution >= 0.6 is 11.3 Å².